The molecule has 0 spiro atoms. The van der Waals surface area contributed by atoms with Gasteiger partial charge in [-0.25, -0.2) is 27.3 Å². The minimum Gasteiger partial charge on any atom is -0.466 e. The van der Waals surface area contributed by atoms with Crippen LogP contribution in [0, 0.1) is 37.1 Å². The van der Waals surface area contributed by atoms with Crippen LogP contribution in [0.15, 0.2) is 77.9 Å². The molecule has 0 unspecified atom stereocenters. The van der Waals surface area contributed by atoms with Crippen LogP contribution < -0.4 is 20.9 Å². The van der Waals surface area contributed by atoms with Gasteiger partial charge in [-0.05, 0) is 68.3 Å². The Bertz CT molecular complexity index is 2460. The fourth-order valence-electron chi connectivity index (χ4n) is 5.31. The highest BCUT2D eigenvalue weighted by atomic mass is 19.1. The summed E-state index contributed by atoms with van der Waals surface area (Å²) in [4.78, 5) is 54.2. The first-order chi connectivity index (χ1) is 26.7. The Morgan fingerprint density at radius 3 is 1.70 bits per heavy atom. The number of halogens is 4. The zero-order valence-corrected chi connectivity index (χ0v) is 30.5. The van der Waals surface area contributed by atoms with Gasteiger partial charge in [0.15, 0.2) is 18.0 Å². The highest BCUT2D eigenvalue weighted by Crippen LogP contribution is 2.27. The molecule has 6 rings (SSSR count). The smallest absolute Gasteiger partial charge is 0.344 e. The molecule has 56 heavy (non-hydrogen) atoms. The first-order valence-electron chi connectivity index (χ1n) is 16.7. The summed E-state index contributed by atoms with van der Waals surface area (Å²) >= 11 is 0. The Morgan fingerprint density at radius 1 is 0.750 bits per heavy atom. The Labute approximate surface area is 316 Å². The van der Waals surface area contributed by atoms with Crippen molar-refractivity contribution in [3.63, 3.8) is 0 Å². The van der Waals surface area contributed by atoms with Gasteiger partial charge in [0.2, 0.25) is 11.4 Å². The molecular weight excluding hydrogens is 740 g/mol. The Hall–Kier alpha value is -7.11. The number of para-hydroxylation sites is 2. The third-order valence-corrected chi connectivity index (χ3v) is 8.04. The quantitative estimate of drug-likeness (QED) is 0.113. The lowest BCUT2D eigenvalue weighted by molar-refractivity contribution is -0.145. The number of benzene rings is 2. The number of H-pyrrole nitrogens is 1. The van der Waals surface area contributed by atoms with Crippen LogP contribution in [0.4, 0.5) is 28.9 Å². The van der Waals surface area contributed by atoms with Crippen molar-refractivity contribution < 1.29 is 41.4 Å². The molecular formula is C38H34F4N8O6. The Kier molecular flexibility index (Phi) is 12.4. The summed E-state index contributed by atoms with van der Waals surface area (Å²) in [5.41, 5.74) is 2.60. The van der Waals surface area contributed by atoms with Gasteiger partial charge >= 0.3 is 5.97 Å². The van der Waals surface area contributed by atoms with E-state index in [1.807, 2.05) is 0 Å². The number of anilines is 2. The fraction of sp³-hybridized carbons (Fsp3) is 0.184. The minimum atomic E-state index is -0.886. The second kappa shape index (κ2) is 17.4. The van der Waals surface area contributed by atoms with Crippen molar-refractivity contribution >= 4 is 29.2 Å². The van der Waals surface area contributed by atoms with Crippen molar-refractivity contribution in [1.29, 1.82) is 0 Å². The highest BCUT2D eigenvalue weighted by Gasteiger charge is 2.20. The van der Waals surface area contributed by atoms with Crippen molar-refractivity contribution in [2.24, 2.45) is 14.1 Å². The molecule has 2 aromatic carbocycles. The molecule has 0 aliphatic heterocycles. The predicted octanol–water partition coefficient (Wildman–Crippen LogP) is 5.88. The number of hydrogen-bond donors (Lipinski definition) is 3. The summed E-state index contributed by atoms with van der Waals surface area (Å²) in [5.74, 6) is -5.28. The first kappa shape index (κ1) is 40.1. The number of nitrogens with zero attached hydrogens (tertiary/aromatic N) is 5. The van der Waals surface area contributed by atoms with Crippen LogP contribution in [-0.4, -0.2) is 60.5 Å². The lowest BCUT2D eigenvalue weighted by Crippen LogP contribution is -2.15. The van der Waals surface area contributed by atoms with Crippen LogP contribution in [0.5, 0.6) is 5.88 Å². The first-order valence-corrected chi connectivity index (χ1v) is 16.7. The molecule has 0 aliphatic carbocycles. The molecule has 2 amide bonds. The van der Waals surface area contributed by atoms with E-state index in [1.54, 1.807) is 40.9 Å². The molecule has 4 aromatic heterocycles. The monoisotopic (exact) mass is 774 g/mol. The summed E-state index contributed by atoms with van der Waals surface area (Å²) in [6.45, 7) is 5.25. The van der Waals surface area contributed by atoms with Crippen molar-refractivity contribution in [1.82, 2.24) is 29.5 Å². The number of aryl methyl sites for hydroxylation is 4. The topological polar surface area (TPSA) is 175 Å². The second-order valence-corrected chi connectivity index (χ2v) is 12.0. The number of amides is 2. The van der Waals surface area contributed by atoms with Crippen LogP contribution in [0.2, 0.25) is 0 Å². The molecule has 290 valence electrons. The van der Waals surface area contributed by atoms with E-state index in [4.69, 9.17) is 9.47 Å². The number of ether oxygens (including phenoxy) is 2. The van der Waals surface area contributed by atoms with E-state index in [1.165, 1.54) is 52.1 Å². The van der Waals surface area contributed by atoms with Crippen molar-refractivity contribution in [2.45, 2.75) is 20.8 Å². The van der Waals surface area contributed by atoms with E-state index >= 15 is 0 Å². The molecule has 0 aliphatic rings. The lowest BCUT2D eigenvalue weighted by Gasteiger charge is -2.09. The van der Waals surface area contributed by atoms with E-state index in [0.717, 1.165) is 29.8 Å². The molecule has 0 bridgehead atoms. The normalized spacial score (nSPS) is 10.7. The summed E-state index contributed by atoms with van der Waals surface area (Å²) in [5, 5.41) is 12.6. The van der Waals surface area contributed by atoms with Crippen LogP contribution in [0.3, 0.4) is 0 Å². The highest BCUT2D eigenvalue weighted by molar-refractivity contribution is 6.04. The SMILES string of the molecule is CCOC(=O)COc1cc(C)c(-c2cc(C(=O)Nc3c(F)cccc3F)nn2C)cn1.Cc1cc(=O)[nH]cc1-c1cc(C(=O)Nc2c(F)cccc2F)nn1C. The number of aromatic nitrogens is 6. The number of hydrogen-bond acceptors (Lipinski definition) is 9. The number of nitrogens with one attached hydrogen (secondary N) is 3. The third-order valence-electron chi connectivity index (χ3n) is 8.04. The average Bonchev–Trinajstić information content (AvgIpc) is 3.73. The number of esters is 1. The van der Waals surface area contributed by atoms with Crippen LogP contribution in [0.1, 0.15) is 39.0 Å². The Morgan fingerprint density at radius 2 is 1.23 bits per heavy atom. The van der Waals surface area contributed by atoms with Crippen molar-refractivity contribution in [2.75, 3.05) is 23.8 Å². The number of rotatable bonds is 10. The molecule has 18 heteroatoms. The molecule has 0 saturated heterocycles. The zero-order valence-electron chi connectivity index (χ0n) is 30.5. The Balaban J connectivity index is 0.000000219. The maximum absolute atomic E-state index is 13.8. The van der Waals surface area contributed by atoms with Gasteiger partial charge in [-0.2, -0.15) is 10.2 Å². The average molecular weight is 775 g/mol. The van der Waals surface area contributed by atoms with Gasteiger partial charge in [-0.1, -0.05) is 12.1 Å². The third kappa shape index (κ3) is 9.33. The van der Waals surface area contributed by atoms with Crippen molar-refractivity contribution in [3.05, 3.63) is 129 Å². The van der Waals surface area contributed by atoms with E-state index < -0.39 is 52.4 Å². The summed E-state index contributed by atoms with van der Waals surface area (Å²) in [6.07, 6.45) is 3.04. The fourth-order valence-corrected chi connectivity index (χ4v) is 5.31. The maximum atomic E-state index is 13.8. The van der Waals surface area contributed by atoms with Gasteiger partial charge in [0.1, 0.15) is 34.6 Å². The largest absolute Gasteiger partial charge is 0.466 e. The molecule has 14 nitrogen and oxygen atoms in total. The lowest BCUT2D eigenvalue weighted by atomic mass is 10.1. The van der Waals surface area contributed by atoms with E-state index in [9.17, 15) is 36.7 Å². The van der Waals surface area contributed by atoms with Crippen molar-refractivity contribution in [3.8, 4) is 28.4 Å². The zero-order chi connectivity index (χ0) is 40.7. The summed E-state index contributed by atoms with van der Waals surface area (Å²) in [6, 6.07) is 12.6. The standard InChI is InChI=1S/C21H20F2N4O4.C17H14F2N4O2/c1-4-30-19(28)11-31-18-8-12(2)13(10-24-18)17-9-16(26-27(17)3)21(29)25-20-14(22)6-5-7-15(20)23;1-9-6-15(24)20-8-10(9)14-7-13(22-23(14)2)17(25)21-16-11(18)4-3-5-12(16)19/h5-10H,4,11H2,1-3H3,(H,25,29);3-8H,1-2H3,(H,20,24)(H,21,25). The van der Waals surface area contributed by atoms with Gasteiger partial charge in [0, 0.05) is 49.7 Å². The maximum Gasteiger partial charge on any atom is 0.344 e. The molecule has 0 saturated carbocycles. The summed E-state index contributed by atoms with van der Waals surface area (Å²) < 4.78 is 67.9. The molecule has 3 N–H and O–H groups in total. The second-order valence-electron chi connectivity index (χ2n) is 12.0. The number of carbonyl (C=O) groups is 3. The molecule has 0 radical (unpaired) electrons. The van der Waals surface area contributed by atoms with E-state index in [-0.39, 0.29) is 36.0 Å². The van der Waals surface area contributed by atoms with E-state index in [0.29, 0.717) is 28.1 Å². The molecule has 6 aromatic rings. The van der Waals surface area contributed by atoms with Gasteiger partial charge in [0.05, 0.1) is 18.0 Å². The van der Waals surface area contributed by atoms with Crippen LogP contribution in [-0.2, 0) is 23.6 Å². The van der Waals surface area contributed by atoms with Gasteiger partial charge in [0.25, 0.3) is 11.8 Å². The predicted molar refractivity (Wildman–Crippen MR) is 196 cm³/mol. The molecule has 0 atom stereocenters. The van der Waals surface area contributed by atoms with Gasteiger partial charge in [-0.3, -0.25) is 23.7 Å². The van der Waals surface area contributed by atoms with E-state index in [2.05, 4.69) is 30.8 Å². The van der Waals surface area contributed by atoms with Gasteiger partial charge < -0.3 is 25.1 Å². The van der Waals surface area contributed by atoms with Gasteiger partial charge in [-0.15, -0.1) is 0 Å². The van der Waals surface area contributed by atoms with Crippen LogP contribution >= 0.6 is 0 Å². The van der Waals surface area contributed by atoms with Crippen LogP contribution in [0.25, 0.3) is 22.5 Å². The molecule has 0 fully saturated rings. The number of pyridine rings is 2. The minimum absolute atomic E-state index is 0.00856. The molecule has 4 heterocycles. The number of carbonyl (C=O) groups excluding carboxylic acids is 3. The number of aromatic amines is 1. The summed E-state index contributed by atoms with van der Waals surface area (Å²) in [7, 11) is 3.25.